The van der Waals surface area contributed by atoms with Crippen molar-refractivity contribution in [3.63, 3.8) is 0 Å². The van der Waals surface area contributed by atoms with E-state index in [1.54, 1.807) is 0 Å². The Bertz CT molecular complexity index is 867. The van der Waals surface area contributed by atoms with Gasteiger partial charge < -0.3 is 14.2 Å². The molecule has 150 valence electrons. The lowest BCUT2D eigenvalue weighted by molar-refractivity contribution is -0.128. The minimum Gasteiger partial charge on any atom is -0.494 e. The highest BCUT2D eigenvalue weighted by Crippen LogP contribution is 2.36. The van der Waals surface area contributed by atoms with Crippen LogP contribution in [-0.4, -0.2) is 39.6 Å². The van der Waals surface area contributed by atoms with Crippen LogP contribution < -0.4 is 4.74 Å². The van der Waals surface area contributed by atoms with Gasteiger partial charge in [-0.25, -0.2) is 4.98 Å². The van der Waals surface area contributed by atoms with Gasteiger partial charge in [0.15, 0.2) is 0 Å². The molecule has 1 aromatic heterocycles. The fraction of sp³-hybridized carbons (Fsp3) is 0.565. The van der Waals surface area contributed by atoms with Gasteiger partial charge >= 0.3 is 0 Å². The summed E-state index contributed by atoms with van der Waals surface area (Å²) in [6.45, 7) is 10.9. The predicted molar refractivity (Wildman–Crippen MR) is 111 cm³/mol. The van der Waals surface area contributed by atoms with Crippen molar-refractivity contribution in [3.05, 3.63) is 35.7 Å². The molecule has 0 radical (unpaired) electrons. The monoisotopic (exact) mass is 381 g/mol. The molecule has 1 amide bonds. The zero-order chi connectivity index (χ0) is 19.8. The third-order valence-corrected chi connectivity index (χ3v) is 5.92. The minimum absolute atomic E-state index is 0.327. The Morgan fingerprint density at radius 2 is 2.07 bits per heavy atom. The SMILES string of the molecule is CCOc1cc(C)c(-c2nccn2CC2CC(=O)N(C3CC3)C2)cc1C(C)C. The Hall–Kier alpha value is -2.30. The van der Waals surface area contributed by atoms with Crippen LogP contribution in [0.5, 0.6) is 5.75 Å². The van der Waals surface area contributed by atoms with Crippen LogP contribution in [0.1, 0.15) is 57.1 Å². The van der Waals surface area contributed by atoms with E-state index in [0.717, 1.165) is 30.2 Å². The molecule has 2 aliphatic rings. The van der Waals surface area contributed by atoms with E-state index in [1.165, 1.54) is 24.0 Å². The molecule has 1 unspecified atom stereocenters. The second-order valence-electron chi connectivity index (χ2n) is 8.54. The largest absolute Gasteiger partial charge is 0.494 e. The molecule has 1 saturated heterocycles. The van der Waals surface area contributed by atoms with Gasteiger partial charge in [0.05, 0.1) is 6.61 Å². The van der Waals surface area contributed by atoms with Crippen LogP contribution in [0.4, 0.5) is 0 Å². The van der Waals surface area contributed by atoms with E-state index in [0.29, 0.717) is 36.8 Å². The molecule has 1 atom stereocenters. The summed E-state index contributed by atoms with van der Waals surface area (Å²) < 4.78 is 8.09. The van der Waals surface area contributed by atoms with Crippen LogP contribution in [0.2, 0.25) is 0 Å². The fourth-order valence-electron chi connectivity index (χ4n) is 4.32. The standard InChI is InChI=1S/C23H31N3O2/c1-5-28-21-10-16(4)20(12-19(21)15(2)3)23-24-8-9-25(23)13-17-11-22(27)26(14-17)18-6-7-18/h8-10,12,15,17-18H,5-7,11,13-14H2,1-4H3. The molecular weight excluding hydrogens is 350 g/mol. The average Bonchev–Trinajstić information content (AvgIpc) is 3.28. The number of carbonyl (C=O) groups excluding carboxylic acids is 1. The molecule has 2 aromatic rings. The van der Waals surface area contributed by atoms with E-state index in [9.17, 15) is 4.79 Å². The van der Waals surface area contributed by atoms with Crippen LogP contribution in [0.25, 0.3) is 11.4 Å². The van der Waals surface area contributed by atoms with Crippen molar-refractivity contribution in [2.75, 3.05) is 13.2 Å². The minimum atomic E-state index is 0.327. The molecule has 28 heavy (non-hydrogen) atoms. The number of amides is 1. The summed E-state index contributed by atoms with van der Waals surface area (Å²) in [6, 6.07) is 4.89. The summed E-state index contributed by atoms with van der Waals surface area (Å²) in [5.41, 5.74) is 3.54. The number of nitrogens with zero attached hydrogens (tertiary/aromatic N) is 3. The fourth-order valence-corrected chi connectivity index (χ4v) is 4.32. The van der Waals surface area contributed by atoms with Gasteiger partial charge in [0.2, 0.25) is 5.91 Å². The molecule has 1 saturated carbocycles. The van der Waals surface area contributed by atoms with Gasteiger partial charge in [0.1, 0.15) is 11.6 Å². The Balaban J connectivity index is 1.60. The number of aryl methyl sites for hydroxylation is 1. The third kappa shape index (κ3) is 3.67. The molecule has 0 N–H and O–H groups in total. The van der Waals surface area contributed by atoms with E-state index in [1.807, 2.05) is 19.3 Å². The first-order valence-electron chi connectivity index (χ1n) is 10.6. The normalized spacial score (nSPS) is 19.7. The first-order chi connectivity index (χ1) is 13.5. The van der Waals surface area contributed by atoms with Crippen molar-refractivity contribution in [3.8, 4) is 17.1 Å². The molecule has 5 nitrogen and oxygen atoms in total. The highest BCUT2D eigenvalue weighted by atomic mass is 16.5. The molecule has 1 aromatic carbocycles. The highest BCUT2D eigenvalue weighted by molar-refractivity contribution is 5.79. The van der Waals surface area contributed by atoms with E-state index >= 15 is 0 Å². The van der Waals surface area contributed by atoms with Gasteiger partial charge in [-0.05, 0) is 55.9 Å². The van der Waals surface area contributed by atoms with Gasteiger partial charge in [-0.3, -0.25) is 4.79 Å². The number of rotatable bonds is 7. The second kappa shape index (κ2) is 7.61. The van der Waals surface area contributed by atoms with E-state index in [4.69, 9.17) is 4.74 Å². The van der Waals surface area contributed by atoms with Crippen molar-refractivity contribution < 1.29 is 9.53 Å². The zero-order valence-electron chi connectivity index (χ0n) is 17.4. The van der Waals surface area contributed by atoms with Gasteiger partial charge in [-0.2, -0.15) is 0 Å². The molecule has 0 bridgehead atoms. The number of carbonyl (C=O) groups is 1. The average molecular weight is 382 g/mol. The van der Waals surface area contributed by atoms with Crippen molar-refractivity contribution in [2.45, 2.75) is 65.5 Å². The number of likely N-dealkylation sites (tertiary alicyclic amines) is 1. The number of aromatic nitrogens is 2. The molecule has 2 fully saturated rings. The highest BCUT2D eigenvalue weighted by Gasteiger charge is 2.39. The lowest BCUT2D eigenvalue weighted by atomic mass is 9.96. The Morgan fingerprint density at radius 3 is 2.75 bits per heavy atom. The number of benzene rings is 1. The summed E-state index contributed by atoms with van der Waals surface area (Å²) in [5, 5.41) is 0. The maximum absolute atomic E-state index is 12.3. The smallest absolute Gasteiger partial charge is 0.223 e. The number of hydrogen-bond acceptors (Lipinski definition) is 3. The molecule has 0 spiro atoms. The second-order valence-corrected chi connectivity index (χ2v) is 8.54. The van der Waals surface area contributed by atoms with Crippen molar-refractivity contribution in [1.82, 2.24) is 14.5 Å². The number of hydrogen-bond donors (Lipinski definition) is 0. The maximum Gasteiger partial charge on any atom is 0.223 e. The molecule has 2 heterocycles. The van der Waals surface area contributed by atoms with Crippen molar-refractivity contribution in [1.29, 1.82) is 0 Å². The maximum atomic E-state index is 12.3. The molecule has 4 rings (SSSR count). The quantitative estimate of drug-likeness (QED) is 0.714. The van der Waals surface area contributed by atoms with Crippen LogP contribution >= 0.6 is 0 Å². The Morgan fingerprint density at radius 1 is 1.29 bits per heavy atom. The Kier molecular flexibility index (Phi) is 5.17. The van der Waals surface area contributed by atoms with Gasteiger partial charge in [0.25, 0.3) is 0 Å². The van der Waals surface area contributed by atoms with Crippen LogP contribution in [0, 0.1) is 12.8 Å². The van der Waals surface area contributed by atoms with Crippen molar-refractivity contribution >= 4 is 5.91 Å². The lowest BCUT2D eigenvalue weighted by Gasteiger charge is -2.19. The summed E-state index contributed by atoms with van der Waals surface area (Å²) in [4.78, 5) is 19.1. The summed E-state index contributed by atoms with van der Waals surface area (Å²) in [6.07, 6.45) is 6.93. The van der Waals surface area contributed by atoms with Gasteiger partial charge in [-0.1, -0.05) is 13.8 Å². The van der Waals surface area contributed by atoms with Gasteiger partial charge in [0, 0.05) is 49.4 Å². The van der Waals surface area contributed by atoms with Gasteiger partial charge in [-0.15, -0.1) is 0 Å². The number of ether oxygens (including phenoxy) is 1. The molecular formula is C23H31N3O2. The predicted octanol–water partition coefficient (Wildman–Crippen LogP) is 4.39. The van der Waals surface area contributed by atoms with Crippen LogP contribution in [-0.2, 0) is 11.3 Å². The summed E-state index contributed by atoms with van der Waals surface area (Å²) in [5.74, 6) is 3.03. The molecule has 1 aliphatic heterocycles. The zero-order valence-corrected chi connectivity index (χ0v) is 17.4. The van der Waals surface area contributed by atoms with E-state index < -0.39 is 0 Å². The van der Waals surface area contributed by atoms with Crippen LogP contribution in [0.15, 0.2) is 24.5 Å². The van der Waals surface area contributed by atoms with Crippen molar-refractivity contribution in [2.24, 2.45) is 5.92 Å². The van der Waals surface area contributed by atoms with E-state index in [-0.39, 0.29) is 0 Å². The molecule has 5 heteroatoms. The Labute approximate surface area is 167 Å². The third-order valence-electron chi connectivity index (χ3n) is 5.92. The lowest BCUT2D eigenvalue weighted by Crippen LogP contribution is -2.27. The van der Waals surface area contributed by atoms with E-state index in [2.05, 4.69) is 47.4 Å². The van der Waals surface area contributed by atoms with Crippen LogP contribution in [0.3, 0.4) is 0 Å². The molecule has 1 aliphatic carbocycles. The first kappa shape index (κ1) is 19.0. The number of imidazole rings is 1. The summed E-state index contributed by atoms with van der Waals surface area (Å²) in [7, 11) is 0. The topological polar surface area (TPSA) is 47.4 Å². The summed E-state index contributed by atoms with van der Waals surface area (Å²) >= 11 is 0. The first-order valence-corrected chi connectivity index (χ1v) is 10.6.